The summed E-state index contributed by atoms with van der Waals surface area (Å²) < 4.78 is 7.02. The number of nitrogens with zero attached hydrogens (tertiary/aromatic N) is 4. The van der Waals surface area contributed by atoms with E-state index in [0.29, 0.717) is 11.4 Å². The molecule has 0 saturated carbocycles. The molecule has 196 valence electrons. The van der Waals surface area contributed by atoms with Crippen LogP contribution in [0, 0.1) is 0 Å². The molecule has 1 aliphatic heterocycles. The molecule has 4 aromatic rings. The molecule has 0 unspecified atom stereocenters. The van der Waals surface area contributed by atoms with Gasteiger partial charge in [-0.1, -0.05) is 57.2 Å². The number of hydrogen-bond acceptors (Lipinski definition) is 6. The van der Waals surface area contributed by atoms with Crippen LogP contribution < -0.4 is 5.32 Å². The largest absolute Gasteiger partial charge is 0.379 e. The number of amides is 1. The number of ketones is 1. The number of morpholine rings is 1. The molecule has 8 nitrogen and oxygen atoms in total. The van der Waals surface area contributed by atoms with E-state index in [1.807, 2.05) is 69.4 Å². The van der Waals surface area contributed by atoms with E-state index in [1.54, 1.807) is 17.8 Å². The van der Waals surface area contributed by atoms with E-state index in [9.17, 15) is 9.59 Å². The van der Waals surface area contributed by atoms with E-state index in [0.717, 1.165) is 66.1 Å². The number of aromatic nitrogens is 3. The Labute approximate surface area is 222 Å². The third-order valence-electron chi connectivity index (χ3n) is 6.89. The van der Waals surface area contributed by atoms with Crippen LogP contribution in [-0.2, 0) is 28.5 Å². The maximum Gasteiger partial charge on any atom is 0.297 e. The molecule has 1 amide bonds. The number of fused-ring (bicyclic) bond motifs is 1. The van der Waals surface area contributed by atoms with Crippen LogP contribution >= 0.6 is 0 Å². The first-order valence-corrected chi connectivity index (χ1v) is 12.9. The summed E-state index contributed by atoms with van der Waals surface area (Å²) in [5.74, 6) is -0.803. The summed E-state index contributed by atoms with van der Waals surface area (Å²) in [5, 5.41) is 8.84. The van der Waals surface area contributed by atoms with Crippen LogP contribution in [0.3, 0.4) is 0 Å². The standard InChI is InChI=1S/C30H33N5O3/c1-30(2,3)26-17-27(34(4)33-26)32-29(37)28(36)25-12-11-22(23-7-5-6-8-24(23)25)20-9-10-21(31-18-20)19-35-13-15-38-16-14-35/h5-12,17-18H,13-16,19H2,1-4H3,(H,32,37). The molecule has 3 heterocycles. The van der Waals surface area contributed by atoms with E-state index in [-0.39, 0.29) is 5.41 Å². The van der Waals surface area contributed by atoms with Crippen LogP contribution in [0.15, 0.2) is 60.8 Å². The number of rotatable bonds is 6. The summed E-state index contributed by atoms with van der Waals surface area (Å²) >= 11 is 0. The molecule has 1 fully saturated rings. The van der Waals surface area contributed by atoms with Gasteiger partial charge in [0.2, 0.25) is 0 Å². The van der Waals surface area contributed by atoms with Gasteiger partial charge in [-0.05, 0) is 28.5 Å². The van der Waals surface area contributed by atoms with Gasteiger partial charge in [0.1, 0.15) is 5.82 Å². The highest BCUT2D eigenvalue weighted by molar-refractivity contribution is 6.48. The molecular weight excluding hydrogens is 478 g/mol. The highest BCUT2D eigenvalue weighted by Crippen LogP contribution is 2.31. The second-order valence-corrected chi connectivity index (χ2v) is 10.7. The molecule has 38 heavy (non-hydrogen) atoms. The number of pyridine rings is 1. The first-order chi connectivity index (χ1) is 18.2. The van der Waals surface area contributed by atoms with Gasteiger partial charge in [0.25, 0.3) is 11.7 Å². The molecule has 1 saturated heterocycles. The fourth-order valence-electron chi connectivity index (χ4n) is 4.66. The predicted molar refractivity (Wildman–Crippen MR) is 148 cm³/mol. The molecule has 0 spiro atoms. The molecule has 0 radical (unpaired) electrons. The number of nitrogens with one attached hydrogen (secondary N) is 1. The number of benzene rings is 2. The lowest BCUT2D eigenvalue weighted by atomic mass is 9.92. The number of carbonyl (C=O) groups excluding carboxylic acids is 2. The Morgan fingerprint density at radius 2 is 1.74 bits per heavy atom. The molecule has 0 aliphatic carbocycles. The molecule has 8 heteroatoms. The number of aryl methyl sites for hydroxylation is 1. The Kier molecular flexibility index (Phi) is 7.10. The van der Waals surface area contributed by atoms with E-state index in [1.165, 1.54) is 0 Å². The van der Waals surface area contributed by atoms with Gasteiger partial charge in [0.15, 0.2) is 0 Å². The van der Waals surface area contributed by atoms with Crippen molar-refractivity contribution in [3.05, 3.63) is 77.7 Å². The highest BCUT2D eigenvalue weighted by atomic mass is 16.5. The van der Waals surface area contributed by atoms with Gasteiger partial charge in [-0.3, -0.25) is 24.2 Å². The van der Waals surface area contributed by atoms with Crippen molar-refractivity contribution in [1.29, 1.82) is 0 Å². The Morgan fingerprint density at radius 1 is 1.00 bits per heavy atom. The smallest absolute Gasteiger partial charge is 0.297 e. The van der Waals surface area contributed by atoms with Gasteiger partial charge in [-0.2, -0.15) is 5.10 Å². The lowest BCUT2D eigenvalue weighted by molar-refractivity contribution is -0.112. The summed E-state index contributed by atoms with van der Waals surface area (Å²) in [4.78, 5) is 33.3. The molecule has 2 aromatic heterocycles. The van der Waals surface area contributed by atoms with E-state index >= 15 is 0 Å². The Balaban J connectivity index is 1.39. The van der Waals surface area contributed by atoms with Crippen LogP contribution in [0.4, 0.5) is 5.82 Å². The molecule has 0 bridgehead atoms. The van der Waals surface area contributed by atoms with Gasteiger partial charge in [0, 0.05) is 55.5 Å². The summed E-state index contributed by atoms with van der Waals surface area (Å²) in [6.07, 6.45) is 1.88. The average Bonchev–Trinajstić information content (AvgIpc) is 3.29. The Morgan fingerprint density at radius 3 is 2.39 bits per heavy atom. The van der Waals surface area contributed by atoms with Crippen molar-refractivity contribution in [3.8, 4) is 11.1 Å². The van der Waals surface area contributed by atoms with Crippen LogP contribution in [0.2, 0.25) is 0 Å². The first kappa shape index (κ1) is 25.8. The molecule has 1 aliphatic rings. The average molecular weight is 512 g/mol. The normalized spacial score (nSPS) is 14.5. The number of Topliss-reactive ketones (excluding diaryl/α,β-unsaturated/α-hetero) is 1. The Hall–Kier alpha value is -3.88. The van der Waals surface area contributed by atoms with Crippen LogP contribution in [-0.4, -0.2) is 57.7 Å². The number of hydrogen-bond donors (Lipinski definition) is 1. The van der Waals surface area contributed by atoms with Crippen molar-refractivity contribution in [2.24, 2.45) is 7.05 Å². The maximum absolute atomic E-state index is 13.3. The van der Waals surface area contributed by atoms with Crippen molar-refractivity contribution in [1.82, 2.24) is 19.7 Å². The van der Waals surface area contributed by atoms with Crippen LogP contribution in [0.5, 0.6) is 0 Å². The van der Waals surface area contributed by atoms with Gasteiger partial charge in [-0.25, -0.2) is 0 Å². The zero-order valence-corrected chi connectivity index (χ0v) is 22.3. The van der Waals surface area contributed by atoms with Crippen molar-refractivity contribution in [2.45, 2.75) is 32.7 Å². The monoisotopic (exact) mass is 511 g/mol. The summed E-state index contributed by atoms with van der Waals surface area (Å²) in [7, 11) is 1.75. The lowest BCUT2D eigenvalue weighted by Gasteiger charge is -2.26. The molecule has 5 rings (SSSR count). The SMILES string of the molecule is Cn1nc(C(C)(C)C)cc1NC(=O)C(=O)c1ccc(-c2ccc(CN3CCOCC3)nc2)c2ccccc12. The summed E-state index contributed by atoms with van der Waals surface area (Å²) in [6.45, 7) is 10.3. The molecule has 2 aromatic carbocycles. The maximum atomic E-state index is 13.3. The van der Waals surface area contributed by atoms with Crippen molar-refractivity contribution in [2.75, 3.05) is 31.6 Å². The fraction of sp³-hybridized carbons (Fsp3) is 0.333. The highest BCUT2D eigenvalue weighted by Gasteiger charge is 2.24. The minimum Gasteiger partial charge on any atom is -0.379 e. The van der Waals surface area contributed by atoms with Gasteiger partial charge in [-0.15, -0.1) is 0 Å². The number of ether oxygens (including phenoxy) is 1. The lowest BCUT2D eigenvalue weighted by Crippen LogP contribution is -2.35. The second-order valence-electron chi connectivity index (χ2n) is 10.7. The second kappa shape index (κ2) is 10.5. The summed E-state index contributed by atoms with van der Waals surface area (Å²) in [6, 6.07) is 17.2. The third kappa shape index (κ3) is 5.37. The topological polar surface area (TPSA) is 89.4 Å². The third-order valence-corrected chi connectivity index (χ3v) is 6.89. The summed E-state index contributed by atoms with van der Waals surface area (Å²) in [5.41, 5.74) is 3.95. The van der Waals surface area contributed by atoms with Crippen molar-refractivity contribution in [3.63, 3.8) is 0 Å². The van der Waals surface area contributed by atoms with E-state index in [4.69, 9.17) is 9.72 Å². The number of anilines is 1. The van der Waals surface area contributed by atoms with Crippen molar-refractivity contribution < 1.29 is 14.3 Å². The van der Waals surface area contributed by atoms with Gasteiger partial charge < -0.3 is 10.1 Å². The molecule has 0 atom stereocenters. The van der Waals surface area contributed by atoms with Crippen molar-refractivity contribution >= 4 is 28.3 Å². The minimum absolute atomic E-state index is 0.174. The first-order valence-electron chi connectivity index (χ1n) is 12.9. The molecule has 1 N–H and O–H groups in total. The van der Waals surface area contributed by atoms with Crippen LogP contribution in [0.25, 0.3) is 21.9 Å². The van der Waals surface area contributed by atoms with Gasteiger partial charge >= 0.3 is 0 Å². The van der Waals surface area contributed by atoms with Crippen LogP contribution in [0.1, 0.15) is 42.5 Å². The van der Waals surface area contributed by atoms with E-state index < -0.39 is 11.7 Å². The quantitative estimate of drug-likeness (QED) is 0.301. The Bertz CT molecular complexity index is 1480. The zero-order chi connectivity index (χ0) is 26.9. The zero-order valence-electron chi connectivity index (χ0n) is 22.3. The molecular formula is C30H33N5O3. The van der Waals surface area contributed by atoms with E-state index in [2.05, 4.69) is 21.4 Å². The predicted octanol–water partition coefficient (Wildman–Crippen LogP) is 4.59. The number of carbonyl (C=O) groups is 2. The fourth-order valence-corrected chi connectivity index (χ4v) is 4.66. The van der Waals surface area contributed by atoms with Gasteiger partial charge in [0.05, 0.1) is 24.6 Å². The minimum atomic E-state index is -0.694.